The number of esters is 1. The lowest BCUT2D eigenvalue weighted by Crippen LogP contribution is -2.59. The molecule has 264 valence electrons. The second kappa shape index (κ2) is 17.7. The van der Waals surface area contributed by atoms with Crippen molar-refractivity contribution >= 4 is 40.4 Å². The molecular formula is C39H51ClFN5O3. The highest BCUT2D eigenvalue weighted by atomic mass is 35.5. The number of carbonyl (C=O) groups is 1. The fourth-order valence-corrected chi connectivity index (χ4v) is 6.41. The molecule has 4 rings (SSSR count). The van der Waals surface area contributed by atoms with Crippen LogP contribution in [0.1, 0.15) is 56.6 Å². The number of benzene rings is 2. The van der Waals surface area contributed by atoms with Crippen molar-refractivity contribution in [1.82, 2.24) is 9.80 Å². The zero-order valence-corrected chi connectivity index (χ0v) is 29.9. The monoisotopic (exact) mass is 691 g/mol. The summed E-state index contributed by atoms with van der Waals surface area (Å²) < 4.78 is 20.2. The molecule has 8 nitrogen and oxygen atoms in total. The summed E-state index contributed by atoms with van der Waals surface area (Å²) in [6, 6.07) is 10.2. The Morgan fingerprint density at radius 3 is 2.69 bits per heavy atom. The number of nitrogens with one attached hydrogen (secondary N) is 2. The number of aliphatic hydroxyl groups excluding tert-OH is 1. The molecule has 2 aliphatic heterocycles. The molecule has 2 heterocycles. The van der Waals surface area contributed by atoms with Crippen LogP contribution in [0.4, 0.5) is 15.8 Å². The lowest BCUT2D eigenvalue weighted by Gasteiger charge is -2.48. The molecule has 10 heteroatoms. The van der Waals surface area contributed by atoms with Crippen LogP contribution in [0.15, 0.2) is 84.5 Å². The van der Waals surface area contributed by atoms with Gasteiger partial charge in [0.1, 0.15) is 24.5 Å². The summed E-state index contributed by atoms with van der Waals surface area (Å²) in [6.45, 7) is 20.4. The van der Waals surface area contributed by atoms with E-state index < -0.39 is 12.0 Å². The van der Waals surface area contributed by atoms with Crippen molar-refractivity contribution < 1.29 is 19.0 Å². The summed E-state index contributed by atoms with van der Waals surface area (Å²) in [6.07, 6.45) is 7.48. The van der Waals surface area contributed by atoms with Gasteiger partial charge in [0.25, 0.3) is 0 Å². The molecule has 49 heavy (non-hydrogen) atoms. The van der Waals surface area contributed by atoms with Gasteiger partial charge in [-0.3, -0.25) is 9.79 Å². The number of anilines is 2. The number of halogens is 2. The van der Waals surface area contributed by atoms with Gasteiger partial charge in [0.05, 0.1) is 24.1 Å². The first-order valence-electron chi connectivity index (χ1n) is 17.0. The molecule has 0 aromatic heterocycles. The lowest BCUT2D eigenvalue weighted by molar-refractivity contribution is -0.137. The van der Waals surface area contributed by atoms with Crippen molar-refractivity contribution in [3.05, 3.63) is 102 Å². The number of carbonyl (C=O) groups excluding carboxylic acids is 1. The SMILES string of the molecule is C=CC/N=C(\C(=C/C(=C)c1cc(Cl)ccc1F)Nc1ccc(C)c(NC(O)CCC(=C)CCCN(C)CCC)c1)N1CC2(COC(=O)C2)C1. The molecule has 2 fully saturated rings. The van der Waals surface area contributed by atoms with E-state index in [0.29, 0.717) is 61.2 Å². The van der Waals surface area contributed by atoms with Gasteiger partial charge in [-0.15, -0.1) is 6.58 Å². The van der Waals surface area contributed by atoms with Gasteiger partial charge < -0.3 is 30.3 Å². The van der Waals surface area contributed by atoms with Gasteiger partial charge in [-0.2, -0.15) is 0 Å². The smallest absolute Gasteiger partial charge is 0.306 e. The fraction of sp³-hybridized carbons (Fsp3) is 0.436. The van der Waals surface area contributed by atoms with Crippen LogP contribution < -0.4 is 10.6 Å². The Morgan fingerprint density at radius 2 is 2.00 bits per heavy atom. The fourth-order valence-electron chi connectivity index (χ4n) is 6.24. The first kappa shape index (κ1) is 37.9. The van der Waals surface area contributed by atoms with Crippen molar-refractivity contribution in [2.24, 2.45) is 10.4 Å². The van der Waals surface area contributed by atoms with Crippen LogP contribution >= 0.6 is 11.6 Å². The zero-order chi connectivity index (χ0) is 35.6. The standard InChI is InChI=1S/C39H51ClFN5O3/c1-7-17-42-38(46-24-39(25-46)23-37(48)49-26-39)35(20-29(5)32-21-30(40)13-15-33(32)41)43-31-14-12-28(4)34(22-31)44-36(47)16-11-27(3)10-9-19-45(6)18-8-2/h7,12-15,20-22,36,43-44,47H,1,3,5,8-11,16-19,23-26H2,2,4,6H3/b35-20+,42-38+. The van der Waals surface area contributed by atoms with Crippen LogP contribution in [-0.4, -0.2) is 79.3 Å². The van der Waals surface area contributed by atoms with Crippen LogP contribution in [0.5, 0.6) is 0 Å². The normalized spacial score (nSPS) is 16.4. The second-order valence-corrected chi connectivity index (χ2v) is 13.8. The Labute approximate surface area is 296 Å². The van der Waals surface area contributed by atoms with E-state index in [1.165, 1.54) is 12.1 Å². The van der Waals surface area contributed by atoms with Crippen molar-refractivity contribution in [2.45, 2.75) is 58.6 Å². The number of aliphatic hydroxyl groups is 1. The Hall–Kier alpha value is -3.92. The molecule has 1 atom stereocenters. The van der Waals surface area contributed by atoms with Gasteiger partial charge in [0, 0.05) is 35.1 Å². The van der Waals surface area contributed by atoms with E-state index in [0.717, 1.165) is 61.3 Å². The molecule has 3 N–H and O–H groups in total. The Morgan fingerprint density at radius 1 is 1.22 bits per heavy atom. The number of amidine groups is 1. The molecule has 2 aromatic rings. The summed E-state index contributed by atoms with van der Waals surface area (Å²) in [4.78, 5) is 21.2. The summed E-state index contributed by atoms with van der Waals surface area (Å²) in [5.41, 5.74) is 4.62. The van der Waals surface area contributed by atoms with Crippen molar-refractivity contribution in [3.8, 4) is 0 Å². The average Bonchev–Trinajstić information content (AvgIpc) is 3.44. The third-order valence-electron chi connectivity index (χ3n) is 8.90. The maximum atomic E-state index is 14.9. The highest BCUT2D eigenvalue weighted by Crippen LogP contribution is 2.40. The van der Waals surface area contributed by atoms with Crippen LogP contribution in [0, 0.1) is 18.2 Å². The third kappa shape index (κ3) is 10.8. The number of likely N-dealkylation sites (tertiary alicyclic amines) is 1. The second-order valence-electron chi connectivity index (χ2n) is 13.4. The van der Waals surface area contributed by atoms with E-state index in [4.69, 9.17) is 21.3 Å². The van der Waals surface area contributed by atoms with E-state index in [-0.39, 0.29) is 16.9 Å². The molecule has 0 amide bonds. The summed E-state index contributed by atoms with van der Waals surface area (Å²) in [7, 11) is 2.14. The number of hydrogen-bond donors (Lipinski definition) is 3. The largest absolute Gasteiger partial charge is 0.465 e. The average molecular weight is 692 g/mol. The van der Waals surface area contributed by atoms with Crippen LogP contribution in [0.25, 0.3) is 5.57 Å². The number of ether oxygens (including phenoxy) is 1. The van der Waals surface area contributed by atoms with Crippen LogP contribution in [0.2, 0.25) is 5.02 Å². The van der Waals surface area contributed by atoms with Crippen LogP contribution in [0.3, 0.4) is 0 Å². The maximum Gasteiger partial charge on any atom is 0.306 e. The van der Waals surface area contributed by atoms with Gasteiger partial charge in [-0.1, -0.05) is 49.4 Å². The third-order valence-corrected chi connectivity index (χ3v) is 9.14. The summed E-state index contributed by atoms with van der Waals surface area (Å²) >= 11 is 6.22. The quantitative estimate of drug-likeness (QED) is 0.0367. The molecular weight excluding hydrogens is 641 g/mol. The highest BCUT2D eigenvalue weighted by molar-refractivity contribution is 6.30. The molecule has 2 aliphatic rings. The van der Waals surface area contributed by atoms with Gasteiger partial charge in [-0.25, -0.2) is 4.39 Å². The predicted molar refractivity (Wildman–Crippen MR) is 200 cm³/mol. The molecule has 0 radical (unpaired) electrons. The van der Waals surface area contributed by atoms with Gasteiger partial charge in [0.15, 0.2) is 0 Å². The van der Waals surface area contributed by atoms with Crippen LogP contribution in [-0.2, 0) is 9.53 Å². The van der Waals surface area contributed by atoms with Gasteiger partial charge >= 0.3 is 5.97 Å². The van der Waals surface area contributed by atoms with E-state index in [1.54, 1.807) is 18.2 Å². The number of cyclic esters (lactones) is 1. The Kier molecular flexibility index (Phi) is 13.6. The minimum atomic E-state index is -0.757. The van der Waals surface area contributed by atoms with Crippen molar-refractivity contribution in [3.63, 3.8) is 0 Å². The van der Waals surface area contributed by atoms with E-state index >= 15 is 0 Å². The first-order valence-corrected chi connectivity index (χ1v) is 17.4. The number of nitrogens with zero attached hydrogens (tertiary/aromatic N) is 3. The van der Waals surface area contributed by atoms with Crippen molar-refractivity contribution in [2.75, 3.05) is 57.0 Å². The number of rotatable bonds is 18. The van der Waals surface area contributed by atoms with E-state index in [1.807, 2.05) is 25.1 Å². The molecule has 1 spiro atoms. The molecule has 0 bridgehead atoms. The molecule has 2 aromatic carbocycles. The lowest BCUT2D eigenvalue weighted by atomic mass is 9.79. The Bertz CT molecular complexity index is 1580. The molecule has 0 aliphatic carbocycles. The minimum absolute atomic E-state index is 0.190. The number of aryl methyl sites for hydroxylation is 1. The minimum Gasteiger partial charge on any atom is -0.465 e. The maximum absolute atomic E-state index is 14.9. The zero-order valence-electron chi connectivity index (χ0n) is 29.2. The summed E-state index contributed by atoms with van der Waals surface area (Å²) in [5.74, 6) is -0.00578. The van der Waals surface area contributed by atoms with Crippen molar-refractivity contribution in [1.29, 1.82) is 0 Å². The van der Waals surface area contributed by atoms with E-state index in [9.17, 15) is 14.3 Å². The number of hydrogen-bond acceptors (Lipinski definition) is 7. The van der Waals surface area contributed by atoms with Gasteiger partial charge in [-0.05, 0) is 107 Å². The predicted octanol–water partition coefficient (Wildman–Crippen LogP) is 7.82. The number of aliphatic imine (C=N–C) groups is 1. The highest BCUT2D eigenvalue weighted by Gasteiger charge is 2.51. The Balaban J connectivity index is 1.52. The molecule has 0 saturated carbocycles. The molecule has 2 saturated heterocycles. The van der Waals surface area contributed by atoms with E-state index in [2.05, 4.69) is 54.1 Å². The topological polar surface area (TPSA) is 89.4 Å². The first-order chi connectivity index (χ1) is 23.4. The molecule has 1 unspecified atom stereocenters. The summed E-state index contributed by atoms with van der Waals surface area (Å²) in [5, 5.41) is 18.1. The number of allylic oxidation sites excluding steroid dienone is 3. The van der Waals surface area contributed by atoms with Gasteiger partial charge in [0.2, 0.25) is 0 Å².